The van der Waals surface area contributed by atoms with Gasteiger partial charge in [-0.15, -0.1) is 24.0 Å². The topological polar surface area (TPSA) is 57.5 Å². The molecule has 0 amide bonds. The maximum Gasteiger partial charge on any atom is 0.191 e. The molecule has 0 aliphatic carbocycles. The van der Waals surface area contributed by atoms with Gasteiger partial charge in [0.2, 0.25) is 0 Å². The zero-order valence-corrected chi connectivity index (χ0v) is 20.4. The van der Waals surface area contributed by atoms with Crippen molar-refractivity contribution >= 4 is 29.9 Å². The molecule has 0 bridgehead atoms. The zero-order chi connectivity index (χ0) is 19.9. The number of aliphatic imine (C=N–C) groups is 1. The second kappa shape index (κ2) is 11.5. The van der Waals surface area contributed by atoms with Gasteiger partial charge in [0, 0.05) is 37.4 Å². The lowest BCUT2D eigenvalue weighted by Crippen LogP contribution is -2.44. The summed E-state index contributed by atoms with van der Waals surface area (Å²) in [7, 11) is 1.83. The fourth-order valence-electron chi connectivity index (χ4n) is 4.05. The van der Waals surface area contributed by atoms with E-state index in [1.807, 2.05) is 13.1 Å². The van der Waals surface area contributed by atoms with Crippen LogP contribution in [0.1, 0.15) is 42.3 Å². The van der Waals surface area contributed by atoms with E-state index in [-0.39, 0.29) is 24.0 Å². The van der Waals surface area contributed by atoms with Crippen LogP contribution in [0, 0.1) is 13.8 Å². The Labute approximate surface area is 192 Å². The highest BCUT2D eigenvalue weighted by Crippen LogP contribution is 2.16. The summed E-state index contributed by atoms with van der Waals surface area (Å²) in [6, 6.07) is 11.1. The number of aryl methyl sites for hydroxylation is 1. The second-order valence-electron chi connectivity index (χ2n) is 7.52. The van der Waals surface area contributed by atoms with Crippen LogP contribution in [0.25, 0.3) is 0 Å². The summed E-state index contributed by atoms with van der Waals surface area (Å²) < 4.78 is 2.09. The van der Waals surface area contributed by atoms with Gasteiger partial charge in [0.05, 0.1) is 12.2 Å². The fourth-order valence-corrected chi connectivity index (χ4v) is 4.05. The number of aromatic nitrogens is 2. The molecule has 0 spiro atoms. The number of hydrogen-bond acceptors (Lipinski definition) is 3. The Morgan fingerprint density at radius 2 is 1.97 bits per heavy atom. The van der Waals surface area contributed by atoms with E-state index in [0.29, 0.717) is 6.04 Å². The van der Waals surface area contributed by atoms with Crippen molar-refractivity contribution in [2.75, 3.05) is 26.7 Å². The predicted octanol–water partition coefficient (Wildman–Crippen LogP) is 3.32. The Hall–Kier alpha value is -1.61. The monoisotopic (exact) mass is 510 g/mol. The first-order chi connectivity index (χ1) is 13.6. The van der Waals surface area contributed by atoms with E-state index < -0.39 is 0 Å². The molecule has 1 aliphatic heterocycles. The maximum absolute atomic E-state index is 4.75. The first-order valence-electron chi connectivity index (χ1n) is 10.4. The van der Waals surface area contributed by atoms with E-state index in [1.54, 1.807) is 0 Å². The molecule has 1 aromatic carbocycles. The van der Waals surface area contributed by atoms with Crippen molar-refractivity contribution in [1.82, 2.24) is 25.3 Å². The number of nitrogens with zero attached hydrogens (tertiary/aromatic N) is 4. The van der Waals surface area contributed by atoms with Gasteiger partial charge in [0.15, 0.2) is 5.96 Å². The van der Waals surface area contributed by atoms with E-state index in [4.69, 9.17) is 5.10 Å². The number of likely N-dealkylation sites (tertiary alicyclic amines) is 1. The number of guanidine groups is 1. The van der Waals surface area contributed by atoms with Crippen LogP contribution in [0.4, 0.5) is 0 Å². The van der Waals surface area contributed by atoms with E-state index in [0.717, 1.165) is 37.8 Å². The van der Waals surface area contributed by atoms with Crippen molar-refractivity contribution in [2.24, 2.45) is 4.99 Å². The smallest absolute Gasteiger partial charge is 0.191 e. The molecule has 0 radical (unpaired) electrons. The molecule has 2 heterocycles. The third-order valence-corrected chi connectivity index (χ3v) is 5.77. The second-order valence-corrected chi connectivity index (χ2v) is 7.52. The summed E-state index contributed by atoms with van der Waals surface area (Å²) in [5, 5.41) is 11.7. The summed E-state index contributed by atoms with van der Waals surface area (Å²) in [4.78, 5) is 6.94. The van der Waals surface area contributed by atoms with Crippen LogP contribution < -0.4 is 10.6 Å². The molecule has 3 rings (SSSR count). The van der Waals surface area contributed by atoms with E-state index in [9.17, 15) is 0 Å². The van der Waals surface area contributed by atoms with Gasteiger partial charge in [-0.2, -0.15) is 5.10 Å². The molecule has 1 saturated heterocycles. The molecule has 7 heteroatoms. The van der Waals surface area contributed by atoms with E-state index >= 15 is 0 Å². The molecule has 1 aliphatic rings. The number of benzene rings is 1. The van der Waals surface area contributed by atoms with Gasteiger partial charge in [0.25, 0.3) is 0 Å². The van der Waals surface area contributed by atoms with Gasteiger partial charge in [-0.3, -0.25) is 14.6 Å². The summed E-state index contributed by atoms with van der Waals surface area (Å²) in [6.45, 7) is 11.3. The van der Waals surface area contributed by atoms with Crippen LogP contribution in [0.3, 0.4) is 0 Å². The van der Waals surface area contributed by atoms with Gasteiger partial charge < -0.3 is 10.6 Å². The van der Waals surface area contributed by atoms with Crippen LogP contribution in [-0.2, 0) is 13.1 Å². The van der Waals surface area contributed by atoms with Crippen molar-refractivity contribution in [2.45, 2.75) is 52.7 Å². The molecule has 29 heavy (non-hydrogen) atoms. The standard InChI is InChI=1S/C22H34N6.HI/c1-5-27-13-9-12-20(27)14-24-22(23-4)25-15-21-17(2)26-28(18(21)3)16-19-10-7-6-8-11-19;/h6-8,10-11,20H,5,9,12-16H2,1-4H3,(H2,23,24,25);1H. The Kier molecular flexibility index (Phi) is 9.42. The molecule has 160 valence electrons. The molecule has 2 aromatic rings. The lowest BCUT2D eigenvalue weighted by molar-refractivity contribution is 0.267. The molecule has 0 saturated carbocycles. The highest BCUT2D eigenvalue weighted by Gasteiger charge is 2.22. The first-order valence-corrected chi connectivity index (χ1v) is 10.4. The number of halogens is 1. The number of hydrogen-bond donors (Lipinski definition) is 2. The third-order valence-electron chi connectivity index (χ3n) is 5.77. The average molecular weight is 510 g/mol. The maximum atomic E-state index is 4.75. The van der Waals surface area contributed by atoms with Crippen LogP contribution in [-0.4, -0.2) is 53.4 Å². The Morgan fingerprint density at radius 1 is 1.21 bits per heavy atom. The zero-order valence-electron chi connectivity index (χ0n) is 18.1. The number of nitrogens with one attached hydrogen (secondary N) is 2. The molecular weight excluding hydrogens is 475 g/mol. The summed E-state index contributed by atoms with van der Waals surface area (Å²) in [5.41, 5.74) is 4.79. The van der Waals surface area contributed by atoms with Gasteiger partial charge in [-0.25, -0.2) is 0 Å². The van der Waals surface area contributed by atoms with Gasteiger partial charge in [-0.1, -0.05) is 37.3 Å². The molecule has 2 N–H and O–H groups in total. The molecule has 6 nitrogen and oxygen atoms in total. The van der Waals surface area contributed by atoms with Crippen molar-refractivity contribution in [1.29, 1.82) is 0 Å². The minimum Gasteiger partial charge on any atom is -0.355 e. The van der Waals surface area contributed by atoms with E-state index in [2.05, 4.69) is 70.2 Å². The lowest BCUT2D eigenvalue weighted by atomic mass is 10.2. The SMILES string of the molecule is CCN1CCCC1CNC(=NC)NCc1c(C)nn(Cc2ccccc2)c1C.I. The lowest BCUT2D eigenvalue weighted by Gasteiger charge is -2.24. The van der Waals surface area contributed by atoms with Crippen LogP contribution in [0.5, 0.6) is 0 Å². The highest BCUT2D eigenvalue weighted by atomic mass is 127. The minimum atomic E-state index is 0. The van der Waals surface area contributed by atoms with Crippen molar-refractivity contribution < 1.29 is 0 Å². The summed E-state index contributed by atoms with van der Waals surface area (Å²) >= 11 is 0. The predicted molar refractivity (Wildman–Crippen MR) is 131 cm³/mol. The molecule has 1 aromatic heterocycles. The van der Waals surface area contributed by atoms with Crippen molar-refractivity contribution in [3.63, 3.8) is 0 Å². The fraction of sp³-hybridized carbons (Fsp3) is 0.545. The van der Waals surface area contributed by atoms with Gasteiger partial charge in [-0.05, 0) is 45.3 Å². The van der Waals surface area contributed by atoms with Crippen LogP contribution in [0.15, 0.2) is 35.3 Å². The van der Waals surface area contributed by atoms with Crippen LogP contribution in [0.2, 0.25) is 0 Å². The Morgan fingerprint density at radius 3 is 2.66 bits per heavy atom. The number of rotatable bonds is 7. The molecule has 1 atom stereocenters. The highest BCUT2D eigenvalue weighted by molar-refractivity contribution is 14.0. The molecule has 1 fully saturated rings. The van der Waals surface area contributed by atoms with Gasteiger partial charge >= 0.3 is 0 Å². The van der Waals surface area contributed by atoms with Crippen molar-refractivity contribution in [3.05, 3.63) is 52.8 Å². The van der Waals surface area contributed by atoms with E-state index in [1.165, 1.54) is 36.2 Å². The quantitative estimate of drug-likeness (QED) is 0.341. The normalized spacial score (nSPS) is 17.2. The van der Waals surface area contributed by atoms with Gasteiger partial charge in [0.1, 0.15) is 0 Å². The van der Waals surface area contributed by atoms with Crippen LogP contribution >= 0.6 is 24.0 Å². The first kappa shape index (κ1) is 23.7. The molecule has 1 unspecified atom stereocenters. The average Bonchev–Trinajstić information content (AvgIpc) is 3.27. The molecular formula is C22H35IN6. The van der Waals surface area contributed by atoms with Crippen molar-refractivity contribution in [3.8, 4) is 0 Å². The summed E-state index contributed by atoms with van der Waals surface area (Å²) in [5.74, 6) is 0.859. The minimum absolute atomic E-state index is 0. The number of likely N-dealkylation sites (N-methyl/N-ethyl adjacent to an activating group) is 1. The largest absolute Gasteiger partial charge is 0.355 e. The Bertz CT molecular complexity index is 786. The Balaban J connectivity index is 0.00000300. The third kappa shape index (κ3) is 6.18. The summed E-state index contributed by atoms with van der Waals surface area (Å²) in [6.07, 6.45) is 2.56.